The molecule has 1 fully saturated rings. The number of para-hydroxylation sites is 1. The Kier molecular flexibility index (Phi) is 7.21. The number of carbonyl (C=O) groups excluding carboxylic acids is 2. The second-order valence-electron chi connectivity index (χ2n) is 7.33. The van der Waals surface area contributed by atoms with Crippen molar-refractivity contribution >= 4 is 29.0 Å². The Morgan fingerprint density at radius 2 is 1.87 bits per heavy atom. The number of ether oxygens (including phenoxy) is 2. The van der Waals surface area contributed by atoms with Crippen LogP contribution >= 0.6 is 11.8 Å². The highest BCUT2D eigenvalue weighted by atomic mass is 32.2. The molecule has 0 bridgehead atoms. The minimum Gasteiger partial charge on any atom is -0.491 e. The van der Waals surface area contributed by atoms with Crippen LogP contribution in [0.2, 0.25) is 0 Å². The van der Waals surface area contributed by atoms with Crippen LogP contribution in [0.3, 0.4) is 0 Å². The number of carbonyl (C=O) groups is 2. The van der Waals surface area contributed by atoms with Gasteiger partial charge in [-0.2, -0.15) is 0 Å². The number of rotatable bonds is 8. The molecule has 0 saturated carbocycles. The van der Waals surface area contributed by atoms with Crippen molar-refractivity contribution in [1.82, 2.24) is 4.90 Å². The molecule has 1 heterocycles. The first-order valence-corrected chi connectivity index (χ1v) is 10.9. The lowest BCUT2D eigenvalue weighted by atomic mass is 10.1. The Hall–Kier alpha value is -2.73. The largest absolute Gasteiger partial charge is 0.491 e. The molecule has 2 aromatic carbocycles. The maximum absolute atomic E-state index is 12.8. The molecule has 6 heteroatoms. The summed E-state index contributed by atoms with van der Waals surface area (Å²) in [4.78, 5) is 26.8. The Balaban J connectivity index is 1.68. The first kappa shape index (κ1) is 22.0. The number of imide groups is 1. The van der Waals surface area contributed by atoms with E-state index in [1.807, 2.05) is 63.2 Å². The second kappa shape index (κ2) is 9.85. The van der Waals surface area contributed by atoms with E-state index in [0.29, 0.717) is 10.7 Å². The molecule has 5 nitrogen and oxygen atoms in total. The third-order valence-electron chi connectivity index (χ3n) is 4.90. The van der Waals surface area contributed by atoms with E-state index < -0.39 is 0 Å². The summed E-state index contributed by atoms with van der Waals surface area (Å²) in [5.74, 6) is 1.18. The molecule has 1 unspecified atom stereocenters. The van der Waals surface area contributed by atoms with Crippen molar-refractivity contribution in [3.63, 3.8) is 0 Å². The predicted octanol–water partition coefficient (Wildman–Crippen LogP) is 5.60. The van der Waals surface area contributed by atoms with E-state index in [1.54, 1.807) is 6.08 Å². The van der Waals surface area contributed by atoms with Crippen LogP contribution in [0.4, 0.5) is 4.79 Å². The molecule has 158 valence electrons. The topological polar surface area (TPSA) is 55.8 Å². The van der Waals surface area contributed by atoms with Crippen LogP contribution in [0.15, 0.2) is 47.4 Å². The SMILES string of the molecule is CCC(C)Oc1ccccc1/C=C1\SC(=O)N(CCOc2cc(C)ccc2C)C1=O. The van der Waals surface area contributed by atoms with Gasteiger partial charge in [0.15, 0.2) is 0 Å². The first-order chi connectivity index (χ1) is 14.4. The molecule has 1 aliphatic heterocycles. The first-order valence-electron chi connectivity index (χ1n) is 10.1. The molecular weight excluding hydrogens is 398 g/mol. The zero-order chi connectivity index (χ0) is 21.7. The maximum Gasteiger partial charge on any atom is 0.293 e. The zero-order valence-electron chi connectivity index (χ0n) is 17.8. The average molecular weight is 426 g/mol. The van der Waals surface area contributed by atoms with Gasteiger partial charge in [0.25, 0.3) is 11.1 Å². The number of amides is 2. The van der Waals surface area contributed by atoms with Crippen LogP contribution in [0.1, 0.15) is 37.0 Å². The lowest BCUT2D eigenvalue weighted by molar-refractivity contribution is -0.123. The summed E-state index contributed by atoms with van der Waals surface area (Å²) in [7, 11) is 0. The number of hydrogen-bond acceptors (Lipinski definition) is 5. The standard InChI is InChI=1S/C24H27NO4S/c1-5-18(4)29-20-9-7-6-8-19(20)15-22-23(26)25(24(27)30-22)12-13-28-21-14-16(2)10-11-17(21)3/h6-11,14-15,18H,5,12-13H2,1-4H3/b22-15-. The molecule has 3 rings (SSSR count). The van der Waals surface area contributed by atoms with E-state index in [-0.39, 0.29) is 30.4 Å². The van der Waals surface area contributed by atoms with Crippen molar-refractivity contribution < 1.29 is 19.1 Å². The predicted molar refractivity (Wildman–Crippen MR) is 121 cm³/mol. The molecule has 30 heavy (non-hydrogen) atoms. The summed E-state index contributed by atoms with van der Waals surface area (Å²) in [6.45, 7) is 8.48. The molecule has 0 radical (unpaired) electrons. The van der Waals surface area contributed by atoms with Crippen molar-refractivity contribution in [3.05, 3.63) is 64.1 Å². The molecule has 0 aromatic heterocycles. The van der Waals surface area contributed by atoms with Gasteiger partial charge in [-0.1, -0.05) is 37.3 Å². The summed E-state index contributed by atoms with van der Waals surface area (Å²) in [5, 5.41) is -0.281. The van der Waals surface area contributed by atoms with Crippen molar-refractivity contribution in [2.24, 2.45) is 0 Å². The molecule has 2 amide bonds. The number of aryl methyl sites for hydroxylation is 2. The molecule has 0 N–H and O–H groups in total. The number of nitrogens with zero attached hydrogens (tertiary/aromatic N) is 1. The number of hydrogen-bond donors (Lipinski definition) is 0. The van der Waals surface area contributed by atoms with Crippen molar-refractivity contribution in [2.75, 3.05) is 13.2 Å². The third-order valence-corrected chi connectivity index (χ3v) is 5.81. The van der Waals surface area contributed by atoms with E-state index in [9.17, 15) is 9.59 Å². The smallest absolute Gasteiger partial charge is 0.293 e. The summed E-state index contributed by atoms with van der Waals surface area (Å²) in [6, 6.07) is 13.5. The van der Waals surface area contributed by atoms with Crippen molar-refractivity contribution in [1.29, 1.82) is 0 Å². The molecule has 1 aliphatic rings. The van der Waals surface area contributed by atoms with Gasteiger partial charge in [-0.25, -0.2) is 0 Å². The molecule has 2 aromatic rings. The van der Waals surface area contributed by atoms with Gasteiger partial charge in [0, 0.05) is 5.56 Å². The van der Waals surface area contributed by atoms with Gasteiger partial charge in [0.2, 0.25) is 0 Å². The van der Waals surface area contributed by atoms with Crippen LogP contribution in [0.5, 0.6) is 11.5 Å². The van der Waals surface area contributed by atoms with Crippen molar-refractivity contribution in [2.45, 2.75) is 40.2 Å². The highest BCUT2D eigenvalue weighted by Crippen LogP contribution is 2.34. The fraction of sp³-hybridized carbons (Fsp3) is 0.333. The van der Waals surface area contributed by atoms with E-state index >= 15 is 0 Å². The monoisotopic (exact) mass is 425 g/mol. The van der Waals surface area contributed by atoms with Gasteiger partial charge in [-0.05, 0) is 68.3 Å². The Morgan fingerprint density at radius 1 is 1.10 bits per heavy atom. The Bertz CT molecular complexity index is 969. The minimum atomic E-state index is -0.298. The Morgan fingerprint density at radius 3 is 2.63 bits per heavy atom. The van der Waals surface area contributed by atoms with Gasteiger partial charge < -0.3 is 9.47 Å². The van der Waals surface area contributed by atoms with Crippen LogP contribution in [-0.2, 0) is 4.79 Å². The summed E-state index contributed by atoms with van der Waals surface area (Å²) in [5.41, 5.74) is 2.91. The quantitative estimate of drug-likeness (QED) is 0.516. The average Bonchev–Trinajstić information content (AvgIpc) is 2.99. The number of thioether (sulfide) groups is 1. The normalized spacial score (nSPS) is 16.3. The van der Waals surface area contributed by atoms with Gasteiger partial charge >= 0.3 is 0 Å². The van der Waals surface area contributed by atoms with Crippen LogP contribution in [0.25, 0.3) is 6.08 Å². The highest BCUT2D eigenvalue weighted by molar-refractivity contribution is 8.18. The van der Waals surface area contributed by atoms with E-state index in [4.69, 9.17) is 9.47 Å². The maximum atomic E-state index is 12.8. The molecule has 0 spiro atoms. The minimum absolute atomic E-state index is 0.0665. The lowest BCUT2D eigenvalue weighted by Gasteiger charge is -2.15. The molecule has 1 atom stereocenters. The van der Waals surface area contributed by atoms with Crippen molar-refractivity contribution in [3.8, 4) is 11.5 Å². The van der Waals surface area contributed by atoms with Crippen LogP contribution < -0.4 is 9.47 Å². The summed E-state index contributed by atoms with van der Waals surface area (Å²) >= 11 is 0.949. The van der Waals surface area contributed by atoms with Crippen LogP contribution in [-0.4, -0.2) is 35.3 Å². The van der Waals surface area contributed by atoms with Gasteiger partial charge in [-0.15, -0.1) is 0 Å². The van der Waals surface area contributed by atoms with E-state index in [2.05, 4.69) is 6.92 Å². The third kappa shape index (κ3) is 5.25. The molecular formula is C24H27NO4S. The van der Waals surface area contributed by atoms with Crippen LogP contribution in [0, 0.1) is 13.8 Å². The molecule has 0 aliphatic carbocycles. The Labute approximate surface area is 182 Å². The number of benzene rings is 2. The fourth-order valence-electron chi connectivity index (χ4n) is 2.95. The zero-order valence-corrected chi connectivity index (χ0v) is 18.6. The fourth-order valence-corrected chi connectivity index (χ4v) is 3.81. The second-order valence-corrected chi connectivity index (χ2v) is 8.32. The van der Waals surface area contributed by atoms with Gasteiger partial charge in [0.1, 0.15) is 18.1 Å². The van der Waals surface area contributed by atoms with Gasteiger partial charge in [0.05, 0.1) is 17.6 Å². The highest BCUT2D eigenvalue weighted by Gasteiger charge is 2.35. The molecule has 1 saturated heterocycles. The summed E-state index contributed by atoms with van der Waals surface area (Å²) in [6.07, 6.45) is 2.68. The van der Waals surface area contributed by atoms with Gasteiger partial charge in [-0.3, -0.25) is 14.5 Å². The summed E-state index contributed by atoms with van der Waals surface area (Å²) < 4.78 is 11.8. The van der Waals surface area contributed by atoms with E-state index in [1.165, 1.54) is 4.90 Å². The van der Waals surface area contributed by atoms with E-state index in [0.717, 1.165) is 40.6 Å². The lowest BCUT2D eigenvalue weighted by Crippen LogP contribution is -2.32.